The molecular weight excluding hydrogens is 306 g/mol. The minimum absolute atomic E-state index is 0.262. The summed E-state index contributed by atoms with van der Waals surface area (Å²) in [6, 6.07) is 12.5. The lowest BCUT2D eigenvalue weighted by atomic mass is 10.0. The molecule has 0 fully saturated rings. The van der Waals surface area contributed by atoms with Gasteiger partial charge in [0.1, 0.15) is 0 Å². The Bertz CT molecular complexity index is 692. The molecule has 0 amide bonds. The fourth-order valence-electron chi connectivity index (χ4n) is 2.71. The summed E-state index contributed by atoms with van der Waals surface area (Å²) in [7, 11) is 0. The van der Waals surface area contributed by atoms with Gasteiger partial charge in [-0.1, -0.05) is 29.8 Å². The Morgan fingerprint density at radius 3 is 2.86 bits per heavy atom. The number of ether oxygens (including phenoxy) is 2. The molecule has 1 N–H and O–H groups in total. The average molecular weight is 320 g/mol. The monoisotopic (exact) mass is 319 g/mol. The molecule has 0 saturated carbocycles. The molecule has 0 radical (unpaired) electrons. The molecule has 2 aromatic carbocycles. The molecule has 0 aromatic heterocycles. The molecule has 2 aliphatic heterocycles. The van der Waals surface area contributed by atoms with Crippen molar-refractivity contribution in [2.24, 2.45) is 0 Å². The maximum Gasteiger partial charge on any atom is 0.231 e. The van der Waals surface area contributed by atoms with Gasteiger partial charge in [-0.3, -0.25) is 0 Å². The maximum absolute atomic E-state index is 6.35. The van der Waals surface area contributed by atoms with Gasteiger partial charge in [0.05, 0.1) is 16.8 Å². The van der Waals surface area contributed by atoms with E-state index in [0.29, 0.717) is 10.8 Å². The number of nitrogens with one attached hydrogen (secondary N) is 1. The first-order valence-corrected chi connectivity index (χ1v) is 8.25. The molecule has 0 bridgehead atoms. The maximum atomic E-state index is 6.35. The lowest BCUT2D eigenvalue weighted by Crippen LogP contribution is -2.16. The van der Waals surface area contributed by atoms with Crippen molar-refractivity contribution in [3.05, 3.63) is 47.0 Å². The molecule has 5 heteroatoms. The van der Waals surface area contributed by atoms with E-state index in [1.807, 2.05) is 23.9 Å². The topological polar surface area (TPSA) is 30.5 Å². The van der Waals surface area contributed by atoms with E-state index in [1.54, 1.807) is 0 Å². The normalized spacial score (nSPS) is 19.2. The number of rotatable bonds is 2. The number of fused-ring (bicyclic) bond motifs is 2. The zero-order valence-corrected chi connectivity index (χ0v) is 12.8. The van der Waals surface area contributed by atoms with E-state index in [9.17, 15) is 0 Å². The molecule has 2 heterocycles. The largest absolute Gasteiger partial charge is 0.454 e. The van der Waals surface area contributed by atoms with Crippen molar-refractivity contribution >= 4 is 29.1 Å². The van der Waals surface area contributed by atoms with Crippen molar-refractivity contribution in [3.8, 4) is 11.5 Å². The molecule has 0 aliphatic carbocycles. The fraction of sp³-hybridized carbons (Fsp3) is 0.250. The number of hydrogen-bond acceptors (Lipinski definition) is 4. The summed E-state index contributed by atoms with van der Waals surface area (Å²) in [5, 5.41) is 4.22. The number of thioether (sulfide) groups is 1. The van der Waals surface area contributed by atoms with Crippen LogP contribution in [-0.2, 0) is 0 Å². The summed E-state index contributed by atoms with van der Waals surface area (Å²) in [5.41, 5.74) is 2.23. The minimum Gasteiger partial charge on any atom is -0.454 e. The number of benzene rings is 2. The molecule has 1 atom stereocenters. The Balaban J connectivity index is 1.65. The Kier molecular flexibility index (Phi) is 3.36. The first kappa shape index (κ1) is 13.2. The van der Waals surface area contributed by atoms with Gasteiger partial charge in [-0.2, -0.15) is 0 Å². The lowest BCUT2D eigenvalue weighted by Gasteiger charge is -2.27. The molecule has 0 spiro atoms. The average Bonchev–Trinajstić information content (AvgIpc) is 2.95. The molecule has 2 aromatic rings. The Labute approximate surface area is 132 Å². The zero-order chi connectivity index (χ0) is 14.2. The van der Waals surface area contributed by atoms with E-state index in [2.05, 4.69) is 29.6 Å². The summed E-state index contributed by atoms with van der Waals surface area (Å²) >= 11 is 8.26. The third-order valence-electron chi connectivity index (χ3n) is 3.75. The van der Waals surface area contributed by atoms with Gasteiger partial charge in [0, 0.05) is 22.8 Å². The van der Waals surface area contributed by atoms with Crippen molar-refractivity contribution in [1.29, 1.82) is 0 Å². The summed E-state index contributed by atoms with van der Waals surface area (Å²) < 4.78 is 10.8. The van der Waals surface area contributed by atoms with Gasteiger partial charge < -0.3 is 14.8 Å². The molecule has 3 nitrogen and oxygen atoms in total. The van der Waals surface area contributed by atoms with Gasteiger partial charge in [-0.05, 0) is 18.1 Å². The van der Waals surface area contributed by atoms with Crippen LogP contribution in [0.2, 0.25) is 5.02 Å². The first-order valence-electron chi connectivity index (χ1n) is 6.89. The van der Waals surface area contributed by atoms with Gasteiger partial charge >= 0.3 is 0 Å². The smallest absolute Gasteiger partial charge is 0.231 e. The second-order valence-corrected chi connectivity index (χ2v) is 6.60. The van der Waals surface area contributed by atoms with E-state index >= 15 is 0 Å². The highest BCUT2D eigenvalue weighted by Crippen LogP contribution is 2.43. The van der Waals surface area contributed by atoms with Crippen LogP contribution < -0.4 is 14.8 Å². The van der Waals surface area contributed by atoms with Crippen LogP contribution in [0.4, 0.5) is 5.69 Å². The van der Waals surface area contributed by atoms with Crippen molar-refractivity contribution in [1.82, 2.24) is 0 Å². The van der Waals surface area contributed by atoms with E-state index in [0.717, 1.165) is 23.6 Å². The summed E-state index contributed by atoms with van der Waals surface area (Å²) in [4.78, 5) is 1.35. The highest BCUT2D eigenvalue weighted by Gasteiger charge is 2.22. The van der Waals surface area contributed by atoms with Gasteiger partial charge in [0.25, 0.3) is 0 Å². The van der Waals surface area contributed by atoms with Crippen LogP contribution in [0.5, 0.6) is 11.5 Å². The Morgan fingerprint density at radius 1 is 1.14 bits per heavy atom. The quantitative estimate of drug-likeness (QED) is 0.867. The summed E-state index contributed by atoms with van der Waals surface area (Å²) in [5.74, 6) is 2.57. The van der Waals surface area contributed by atoms with Gasteiger partial charge in [-0.25, -0.2) is 0 Å². The zero-order valence-electron chi connectivity index (χ0n) is 11.3. The third-order valence-corrected chi connectivity index (χ3v) is 5.19. The predicted molar refractivity (Wildman–Crippen MR) is 85.7 cm³/mol. The highest BCUT2D eigenvalue weighted by atomic mass is 35.5. The van der Waals surface area contributed by atoms with E-state index < -0.39 is 0 Å². The summed E-state index contributed by atoms with van der Waals surface area (Å²) in [6.45, 7) is 0.262. The number of anilines is 1. The van der Waals surface area contributed by atoms with E-state index in [1.165, 1.54) is 10.5 Å². The third kappa shape index (κ3) is 2.43. The molecule has 0 saturated heterocycles. The second-order valence-electron chi connectivity index (χ2n) is 5.06. The standard InChI is InChI=1S/C16H14ClNO2S/c17-11-7-14-15(20-9-19-14)8-13(11)18-12-5-6-21-16-4-2-1-3-10(12)16/h1-4,7-8,12,18H,5-6,9H2. The van der Waals surface area contributed by atoms with Crippen molar-refractivity contribution in [3.63, 3.8) is 0 Å². The molecule has 21 heavy (non-hydrogen) atoms. The summed E-state index contributed by atoms with van der Waals surface area (Å²) in [6.07, 6.45) is 1.08. The van der Waals surface area contributed by atoms with Gasteiger partial charge in [-0.15, -0.1) is 11.8 Å². The van der Waals surface area contributed by atoms with Crippen LogP contribution in [0.1, 0.15) is 18.0 Å². The number of hydrogen-bond donors (Lipinski definition) is 1. The molecule has 108 valence electrons. The molecule has 2 aliphatic rings. The van der Waals surface area contributed by atoms with Gasteiger partial charge in [0.2, 0.25) is 6.79 Å². The van der Waals surface area contributed by atoms with Crippen LogP contribution in [0, 0.1) is 0 Å². The lowest BCUT2D eigenvalue weighted by molar-refractivity contribution is 0.174. The fourth-order valence-corrected chi connectivity index (χ4v) is 4.04. The second kappa shape index (κ2) is 5.35. The SMILES string of the molecule is Clc1cc2c(cc1NC1CCSc3ccccc31)OCO2. The van der Waals surface area contributed by atoms with Crippen LogP contribution >= 0.6 is 23.4 Å². The van der Waals surface area contributed by atoms with Crippen LogP contribution in [-0.4, -0.2) is 12.5 Å². The molecule has 1 unspecified atom stereocenters. The van der Waals surface area contributed by atoms with Gasteiger partial charge in [0.15, 0.2) is 11.5 Å². The van der Waals surface area contributed by atoms with E-state index in [4.69, 9.17) is 21.1 Å². The van der Waals surface area contributed by atoms with Crippen LogP contribution in [0.3, 0.4) is 0 Å². The number of halogens is 1. The molecular formula is C16H14ClNO2S. The Hall–Kier alpha value is -1.52. The van der Waals surface area contributed by atoms with Crippen molar-refractivity contribution in [2.75, 3.05) is 17.9 Å². The predicted octanol–water partition coefficient (Wildman–Crippen LogP) is 4.72. The minimum atomic E-state index is 0.262. The van der Waals surface area contributed by atoms with E-state index in [-0.39, 0.29) is 12.8 Å². The van der Waals surface area contributed by atoms with Crippen LogP contribution in [0.25, 0.3) is 0 Å². The van der Waals surface area contributed by atoms with Crippen LogP contribution in [0.15, 0.2) is 41.3 Å². The highest BCUT2D eigenvalue weighted by molar-refractivity contribution is 7.99. The Morgan fingerprint density at radius 2 is 1.95 bits per heavy atom. The van der Waals surface area contributed by atoms with Crippen molar-refractivity contribution in [2.45, 2.75) is 17.4 Å². The first-order chi connectivity index (χ1) is 10.3. The van der Waals surface area contributed by atoms with Crippen molar-refractivity contribution < 1.29 is 9.47 Å². The molecule has 4 rings (SSSR count).